The maximum Gasteiger partial charge on any atom is 0.407 e. The molecular weight excluding hydrogens is 474 g/mol. The van der Waals surface area contributed by atoms with E-state index in [1.807, 2.05) is 26.0 Å². The quantitative estimate of drug-likeness (QED) is 0.597. The maximum atomic E-state index is 13.5. The molecule has 2 heterocycles. The van der Waals surface area contributed by atoms with Crippen LogP contribution in [0.1, 0.15) is 64.4 Å². The number of hydrogen-bond donors (Lipinski definition) is 1. The highest BCUT2D eigenvalue weighted by Gasteiger charge is 2.34. The summed E-state index contributed by atoms with van der Waals surface area (Å²) in [4.78, 5) is 36.3. The molecule has 1 fully saturated rings. The summed E-state index contributed by atoms with van der Waals surface area (Å²) in [5.74, 6) is -0.421. The molecule has 1 aromatic carbocycles. The fourth-order valence-electron chi connectivity index (χ4n) is 3.93. The topological polar surface area (TPSA) is 80.2 Å². The summed E-state index contributed by atoms with van der Waals surface area (Å²) < 4.78 is 5.75. The first-order chi connectivity index (χ1) is 15.4. The van der Waals surface area contributed by atoms with Crippen LogP contribution in [0.4, 0.5) is 4.79 Å². The normalized spacial score (nSPS) is 20.8. The first-order valence-electron chi connectivity index (χ1n) is 11.3. The fraction of sp³-hybridized carbons (Fsp3) is 0.542. The summed E-state index contributed by atoms with van der Waals surface area (Å²) in [6.07, 6.45) is 5.58. The van der Waals surface area contributed by atoms with Crippen molar-refractivity contribution in [3.63, 3.8) is 0 Å². The number of ether oxygens (including phenoxy) is 1. The Kier molecular flexibility index (Phi) is 8.87. The van der Waals surface area contributed by atoms with Crippen molar-refractivity contribution in [2.75, 3.05) is 13.7 Å². The minimum atomic E-state index is -0.753. The largest absolute Gasteiger partial charge is 0.453 e. The lowest BCUT2D eigenvalue weighted by Crippen LogP contribution is -2.50. The molecule has 174 valence electrons. The predicted molar refractivity (Wildman–Crippen MR) is 127 cm³/mol. The van der Waals surface area contributed by atoms with Crippen LogP contribution in [0, 0.1) is 5.92 Å². The zero-order valence-corrected chi connectivity index (χ0v) is 20.6. The molecule has 0 aliphatic carbocycles. The summed E-state index contributed by atoms with van der Waals surface area (Å²) in [5, 5.41) is 4.06. The molecular formula is C24H32BrN3O4. The van der Waals surface area contributed by atoms with Crippen LogP contribution in [0.25, 0.3) is 0 Å². The van der Waals surface area contributed by atoms with E-state index in [4.69, 9.17) is 14.6 Å². The van der Waals surface area contributed by atoms with Crippen molar-refractivity contribution in [1.82, 2.24) is 10.4 Å². The Labute approximate surface area is 198 Å². The number of hydrogen-bond acceptors (Lipinski definition) is 5. The highest BCUT2D eigenvalue weighted by molar-refractivity contribution is 9.10. The van der Waals surface area contributed by atoms with E-state index < -0.39 is 12.1 Å². The third-order valence-corrected chi connectivity index (χ3v) is 6.25. The lowest BCUT2D eigenvalue weighted by atomic mass is 10.0. The number of benzene rings is 1. The van der Waals surface area contributed by atoms with Crippen LogP contribution >= 0.6 is 15.9 Å². The number of amides is 2. The van der Waals surface area contributed by atoms with Gasteiger partial charge in [-0.25, -0.2) is 4.79 Å². The number of nitrogens with zero attached hydrogens (tertiary/aromatic N) is 2. The maximum absolute atomic E-state index is 13.5. The molecule has 32 heavy (non-hydrogen) atoms. The number of nitrogens with one attached hydrogen (secondary N) is 1. The molecule has 8 heteroatoms. The monoisotopic (exact) mass is 505 g/mol. The highest BCUT2D eigenvalue weighted by atomic mass is 79.9. The number of methoxy groups -OCH3 is 1. The van der Waals surface area contributed by atoms with Crippen LogP contribution in [0.5, 0.6) is 0 Å². The molecule has 1 unspecified atom stereocenters. The summed E-state index contributed by atoms with van der Waals surface area (Å²) in [5.41, 5.74) is 3.83. The van der Waals surface area contributed by atoms with E-state index in [2.05, 4.69) is 33.4 Å². The molecule has 2 aliphatic rings. The molecule has 1 atom stereocenters. The third-order valence-electron chi connectivity index (χ3n) is 5.72. The van der Waals surface area contributed by atoms with Gasteiger partial charge in [0.15, 0.2) is 0 Å². The zero-order chi connectivity index (χ0) is 23.1. The molecule has 0 aromatic heterocycles. The van der Waals surface area contributed by atoms with E-state index in [0.717, 1.165) is 65.7 Å². The Hall–Kier alpha value is -2.19. The molecule has 2 aliphatic heterocycles. The van der Waals surface area contributed by atoms with Gasteiger partial charge in [0, 0.05) is 10.2 Å². The van der Waals surface area contributed by atoms with Gasteiger partial charge in [-0.05, 0) is 68.6 Å². The van der Waals surface area contributed by atoms with E-state index in [0.29, 0.717) is 13.0 Å². The molecule has 3 rings (SSSR count). The zero-order valence-electron chi connectivity index (χ0n) is 19.0. The second-order valence-electron chi connectivity index (χ2n) is 8.45. The minimum Gasteiger partial charge on any atom is -0.453 e. The predicted octanol–water partition coefficient (Wildman–Crippen LogP) is 5.35. The highest BCUT2D eigenvalue weighted by Crippen LogP contribution is 2.30. The lowest BCUT2D eigenvalue weighted by Gasteiger charge is -2.29. The number of carbonyl (C=O) groups excluding carboxylic acids is 2. The number of allylic oxidation sites excluding steroid dienone is 2. The SMILES string of the molecule is COC(=O)NC(C(=O)N1OCCCC/C1=C1/CCCCC(c2ccc(Br)cc2)=N1)C(C)C. The third kappa shape index (κ3) is 6.19. The summed E-state index contributed by atoms with van der Waals surface area (Å²) in [6, 6.07) is 7.42. The number of alkyl carbamates (subject to hydrolysis) is 1. The van der Waals surface area contributed by atoms with Gasteiger partial charge < -0.3 is 10.1 Å². The first kappa shape index (κ1) is 24.5. The van der Waals surface area contributed by atoms with Crippen molar-refractivity contribution in [3.05, 3.63) is 45.7 Å². The number of aliphatic imine (C=N–C) groups is 1. The van der Waals surface area contributed by atoms with E-state index in [1.54, 1.807) is 0 Å². The van der Waals surface area contributed by atoms with Gasteiger partial charge >= 0.3 is 6.09 Å². The molecule has 7 nitrogen and oxygen atoms in total. The first-order valence-corrected chi connectivity index (χ1v) is 12.1. The van der Waals surface area contributed by atoms with Crippen molar-refractivity contribution >= 4 is 33.6 Å². The van der Waals surface area contributed by atoms with E-state index in [9.17, 15) is 9.59 Å². The van der Waals surface area contributed by atoms with Crippen LogP contribution in [-0.2, 0) is 14.4 Å². The van der Waals surface area contributed by atoms with Gasteiger partial charge in [0.25, 0.3) is 5.91 Å². The smallest absolute Gasteiger partial charge is 0.407 e. The van der Waals surface area contributed by atoms with Crippen LogP contribution in [0.3, 0.4) is 0 Å². The lowest BCUT2D eigenvalue weighted by molar-refractivity contribution is -0.176. The van der Waals surface area contributed by atoms with Gasteiger partial charge in [-0.3, -0.25) is 14.6 Å². The van der Waals surface area contributed by atoms with E-state index >= 15 is 0 Å². The second kappa shape index (κ2) is 11.6. The number of hydroxylamine groups is 2. The van der Waals surface area contributed by atoms with Crippen molar-refractivity contribution in [3.8, 4) is 0 Å². The van der Waals surface area contributed by atoms with Gasteiger partial charge in [-0.1, -0.05) is 41.9 Å². The number of rotatable bonds is 4. The molecule has 1 aromatic rings. The minimum absolute atomic E-state index is 0.129. The van der Waals surface area contributed by atoms with Crippen LogP contribution in [0.2, 0.25) is 0 Å². The Balaban J connectivity index is 1.99. The van der Waals surface area contributed by atoms with Gasteiger partial charge in [-0.2, -0.15) is 5.06 Å². The van der Waals surface area contributed by atoms with Crippen LogP contribution in [0.15, 0.2) is 45.1 Å². The summed E-state index contributed by atoms with van der Waals surface area (Å²) in [6.45, 7) is 4.23. The van der Waals surface area contributed by atoms with Crippen molar-refractivity contribution in [2.24, 2.45) is 10.9 Å². The molecule has 0 saturated carbocycles. The molecule has 2 amide bonds. The Morgan fingerprint density at radius 1 is 1.09 bits per heavy atom. The van der Waals surface area contributed by atoms with Crippen LogP contribution < -0.4 is 5.32 Å². The van der Waals surface area contributed by atoms with Gasteiger partial charge in [0.05, 0.1) is 25.1 Å². The standard InChI is InChI=1S/C24H32BrN3O4/c1-16(2)22(27-24(30)31-3)23(29)28-21(10-6-7-15-32-28)20-9-5-4-8-19(26-20)17-11-13-18(25)14-12-17/h11-14,16,22H,4-10,15H2,1-3H3,(H,27,30)/b21-20+. The Morgan fingerprint density at radius 2 is 1.78 bits per heavy atom. The van der Waals surface area contributed by atoms with E-state index in [1.165, 1.54) is 12.2 Å². The molecule has 0 radical (unpaired) electrons. The van der Waals surface area contributed by atoms with Gasteiger partial charge in [0.1, 0.15) is 6.04 Å². The molecule has 1 N–H and O–H groups in total. The summed E-state index contributed by atoms with van der Waals surface area (Å²) in [7, 11) is 1.29. The van der Waals surface area contributed by atoms with E-state index in [-0.39, 0.29) is 11.8 Å². The van der Waals surface area contributed by atoms with Crippen molar-refractivity contribution in [2.45, 2.75) is 64.8 Å². The Bertz CT molecular complexity index is 880. The molecule has 0 bridgehead atoms. The number of carbonyl (C=O) groups is 2. The Morgan fingerprint density at radius 3 is 2.47 bits per heavy atom. The fourth-order valence-corrected chi connectivity index (χ4v) is 4.20. The average molecular weight is 506 g/mol. The van der Waals surface area contributed by atoms with Crippen LogP contribution in [-0.4, -0.2) is 42.5 Å². The number of halogens is 1. The molecule has 1 saturated heterocycles. The van der Waals surface area contributed by atoms with Gasteiger partial charge in [-0.15, -0.1) is 0 Å². The van der Waals surface area contributed by atoms with Crippen molar-refractivity contribution in [1.29, 1.82) is 0 Å². The van der Waals surface area contributed by atoms with Crippen molar-refractivity contribution < 1.29 is 19.2 Å². The average Bonchev–Trinajstić information content (AvgIpc) is 3.18. The van der Waals surface area contributed by atoms with Gasteiger partial charge in [0.2, 0.25) is 0 Å². The second-order valence-corrected chi connectivity index (χ2v) is 9.36. The molecule has 0 spiro atoms. The summed E-state index contributed by atoms with van der Waals surface area (Å²) >= 11 is 3.49.